The predicted molar refractivity (Wildman–Crippen MR) is 73.9 cm³/mol. The summed E-state index contributed by atoms with van der Waals surface area (Å²) in [5.41, 5.74) is 0.801. The van der Waals surface area contributed by atoms with Crippen LogP contribution >= 0.6 is 0 Å². The molecule has 102 valence electrons. The van der Waals surface area contributed by atoms with Gasteiger partial charge in [0.15, 0.2) is 0 Å². The fourth-order valence-electron chi connectivity index (χ4n) is 1.76. The zero-order chi connectivity index (χ0) is 14.5. The molecule has 0 saturated carbocycles. The summed E-state index contributed by atoms with van der Waals surface area (Å²) in [4.78, 5) is 22.2. The Labute approximate surface area is 116 Å². The number of esters is 1. The molecule has 0 aliphatic rings. The first-order valence-corrected chi connectivity index (χ1v) is 6.16. The molecule has 0 atom stereocenters. The van der Waals surface area contributed by atoms with Gasteiger partial charge in [-0.25, -0.2) is 4.79 Å². The van der Waals surface area contributed by atoms with Crippen LogP contribution in [0.3, 0.4) is 0 Å². The second-order valence-electron chi connectivity index (χ2n) is 4.16. The van der Waals surface area contributed by atoms with Gasteiger partial charge in [-0.1, -0.05) is 31.2 Å². The normalized spacial score (nSPS) is 10.1. The number of aryl methyl sites for hydroxylation is 1. The summed E-state index contributed by atoms with van der Waals surface area (Å²) in [7, 11) is 0. The van der Waals surface area contributed by atoms with E-state index in [1.54, 1.807) is 18.2 Å². The summed E-state index contributed by atoms with van der Waals surface area (Å²) < 4.78 is 5.15. The molecule has 2 aromatic carbocycles. The first kappa shape index (κ1) is 13.7. The average molecular weight is 271 g/mol. The highest BCUT2D eigenvalue weighted by Crippen LogP contribution is 2.20. The number of carbonyl (C=O) groups is 1. The van der Waals surface area contributed by atoms with Crippen LogP contribution in [0.1, 0.15) is 22.8 Å². The van der Waals surface area contributed by atoms with Crippen LogP contribution in [0.15, 0.2) is 48.5 Å². The van der Waals surface area contributed by atoms with Crippen molar-refractivity contribution in [3.05, 3.63) is 69.8 Å². The third kappa shape index (κ3) is 3.00. The van der Waals surface area contributed by atoms with Gasteiger partial charge >= 0.3 is 5.97 Å². The van der Waals surface area contributed by atoms with Crippen molar-refractivity contribution in [3.8, 4) is 5.75 Å². The smallest absolute Gasteiger partial charge is 0.350 e. The predicted octanol–water partition coefficient (Wildman–Crippen LogP) is 3.38. The maximum atomic E-state index is 12.0. The highest BCUT2D eigenvalue weighted by Gasteiger charge is 2.20. The van der Waals surface area contributed by atoms with Crippen LogP contribution in [0.4, 0.5) is 5.69 Å². The van der Waals surface area contributed by atoms with Crippen molar-refractivity contribution in [3.63, 3.8) is 0 Å². The number of carbonyl (C=O) groups excluding carboxylic acids is 1. The molecule has 2 rings (SSSR count). The fourth-order valence-corrected chi connectivity index (χ4v) is 1.76. The molecule has 20 heavy (non-hydrogen) atoms. The summed E-state index contributed by atoms with van der Waals surface area (Å²) in [6, 6.07) is 12.8. The van der Waals surface area contributed by atoms with E-state index in [0.29, 0.717) is 5.75 Å². The topological polar surface area (TPSA) is 69.4 Å². The number of nitrogens with zero attached hydrogens (tertiary/aromatic N) is 1. The van der Waals surface area contributed by atoms with Crippen LogP contribution in [0.5, 0.6) is 5.75 Å². The van der Waals surface area contributed by atoms with E-state index in [1.807, 2.05) is 19.1 Å². The van der Waals surface area contributed by atoms with E-state index in [-0.39, 0.29) is 11.3 Å². The Morgan fingerprint density at radius 3 is 2.40 bits per heavy atom. The van der Waals surface area contributed by atoms with E-state index < -0.39 is 10.9 Å². The second kappa shape index (κ2) is 5.97. The average Bonchev–Trinajstić information content (AvgIpc) is 2.48. The van der Waals surface area contributed by atoms with Crippen LogP contribution in [0.25, 0.3) is 0 Å². The lowest BCUT2D eigenvalue weighted by Crippen LogP contribution is -2.10. The molecule has 0 radical (unpaired) electrons. The van der Waals surface area contributed by atoms with Gasteiger partial charge in [-0.3, -0.25) is 10.1 Å². The maximum absolute atomic E-state index is 12.0. The molecule has 0 unspecified atom stereocenters. The van der Waals surface area contributed by atoms with Gasteiger partial charge in [-0.05, 0) is 30.2 Å². The van der Waals surface area contributed by atoms with Crippen molar-refractivity contribution in [2.24, 2.45) is 0 Å². The van der Waals surface area contributed by atoms with Crippen molar-refractivity contribution < 1.29 is 14.5 Å². The van der Waals surface area contributed by atoms with Crippen LogP contribution in [-0.2, 0) is 6.42 Å². The minimum atomic E-state index is -0.735. The van der Waals surface area contributed by atoms with E-state index in [2.05, 4.69) is 0 Å². The number of benzene rings is 2. The Hall–Kier alpha value is -2.69. The van der Waals surface area contributed by atoms with Gasteiger partial charge < -0.3 is 4.74 Å². The molecule has 0 amide bonds. The molecular weight excluding hydrogens is 258 g/mol. The Kier molecular flexibility index (Phi) is 4.10. The molecule has 0 N–H and O–H groups in total. The van der Waals surface area contributed by atoms with Crippen LogP contribution in [-0.4, -0.2) is 10.9 Å². The molecule has 0 aliphatic heterocycles. The first-order chi connectivity index (χ1) is 9.61. The number of hydrogen-bond donors (Lipinski definition) is 0. The summed E-state index contributed by atoms with van der Waals surface area (Å²) >= 11 is 0. The molecule has 0 aromatic heterocycles. The molecule has 0 aliphatic carbocycles. The van der Waals surface area contributed by atoms with Crippen molar-refractivity contribution in [1.82, 2.24) is 0 Å². The van der Waals surface area contributed by atoms with E-state index >= 15 is 0 Å². The number of nitro benzene ring substituents is 1. The molecule has 5 heteroatoms. The third-order valence-corrected chi connectivity index (χ3v) is 2.86. The van der Waals surface area contributed by atoms with Gasteiger partial charge in [-0.2, -0.15) is 0 Å². The summed E-state index contributed by atoms with van der Waals surface area (Å²) in [5.74, 6) is -0.369. The quantitative estimate of drug-likeness (QED) is 0.370. The monoisotopic (exact) mass is 271 g/mol. The van der Waals surface area contributed by atoms with E-state index in [1.165, 1.54) is 18.2 Å². The van der Waals surface area contributed by atoms with Gasteiger partial charge in [0.25, 0.3) is 5.69 Å². The second-order valence-corrected chi connectivity index (χ2v) is 4.16. The van der Waals surface area contributed by atoms with Crippen molar-refractivity contribution in [2.45, 2.75) is 13.3 Å². The number of para-hydroxylation sites is 1. The van der Waals surface area contributed by atoms with Crippen molar-refractivity contribution >= 4 is 11.7 Å². The minimum absolute atomic E-state index is 0.0583. The Morgan fingerprint density at radius 2 is 1.80 bits per heavy atom. The molecule has 2 aromatic rings. The minimum Gasteiger partial charge on any atom is -0.423 e. The number of nitro groups is 1. The van der Waals surface area contributed by atoms with Crippen molar-refractivity contribution in [1.29, 1.82) is 0 Å². The molecule has 0 bridgehead atoms. The van der Waals surface area contributed by atoms with Crippen molar-refractivity contribution in [2.75, 3.05) is 0 Å². The first-order valence-electron chi connectivity index (χ1n) is 6.16. The molecule has 0 fully saturated rings. The van der Waals surface area contributed by atoms with E-state index in [9.17, 15) is 14.9 Å². The third-order valence-electron chi connectivity index (χ3n) is 2.86. The SMILES string of the molecule is CCc1ccc(OC(=O)c2ccccc2[N+](=O)[O-])cc1. The number of ether oxygens (including phenoxy) is 1. The number of rotatable bonds is 4. The lowest BCUT2D eigenvalue weighted by molar-refractivity contribution is -0.385. The lowest BCUT2D eigenvalue weighted by Gasteiger charge is -2.05. The Morgan fingerprint density at radius 1 is 1.15 bits per heavy atom. The van der Waals surface area contributed by atoms with Gasteiger partial charge in [-0.15, -0.1) is 0 Å². The van der Waals surface area contributed by atoms with Gasteiger partial charge in [0, 0.05) is 6.07 Å². The highest BCUT2D eigenvalue weighted by molar-refractivity contribution is 5.95. The fraction of sp³-hybridized carbons (Fsp3) is 0.133. The van der Waals surface area contributed by atoms with E-state index in [0.717, 1.165) is 12.0 Å². The molecule has 5 nitrogen and oxygen atoms in total. The van der Waals surface area contributed by atoms with Gasteiger partial charge in [0.1, 0.15) is 11.3 Å². The van der Waals surface area contributed by atoms with Crippen LogP contribution in [0.2, 0.25) is 0 Å². The summed E-state index contributed by atoms with van der Waals surface area (Å²) in [5, 5.41) is 10.9. The Balaban J connectivity index is 2.21. The summed E-state index contributed by atoms with van der Waals surface area (Å²) in [6.45, 7) is 2.02. The maximum Gasteiger partial charge on any atom is 0.350 e. The lowest BCUT2D eigenvalue weighted by atomic mass is 10.1. The van der Waals surface area contributed by atoms with Crippen LogP contribution < -0.4 is 4.74 Å². The molecule has 0 heterocycles. The zero-order valence-electron chi connectivity index (χ0n) is 10.9. The zero-order valence-corrected chi connectivity index (χ0v) is 10.9. The standard InChI is InChI=1S/C15H13NO4/c1-2-11-7-9-12(10-8-11)20-15(17)13-5-3-4-6-14(13)16(18)19/h3-10H,2H2,1H3. The Bertz CT molecular complexity index is 635. The molecule has 0 spiro atoms. The van der Waals surface area contributed by atoms with Crippen LogP contribution in [0, 0.1) is 10.1 Å². The number of hydrogen-bond acceptors (Lipinski definition) is 4. The molecular formula is C15H13NO4. The van der Waals surface area contributed by atoms with Gasteiger partial charge in [0.05, 0.1) is 4.92 Å². The van der Waals surface area contributed by atoms with E-state index in [4.69, 9.17) is 4.74 Å². The largest absolute Gasteiger partial charge is 0.423 e. The van der Waals surface area contributed by atoms with Gasteiger partial charge in [0.2, 0.25) is 0 Å². The highest BCUT2D eigenvalue weighted by atomic mass is 16.6. The summed E-state index contributed by atoms with van der Waals surface area (Å²) in [6.07, 6.45) is 0.887. The molecule has 0 saturated heterocycles.